The molecule has 0 saturated heterocycles. The van der Waals surface area contributed by atoms with Gasteiger partial charge in [0.15, 0.2) is 6.61 Å². The van der Waals surface area contributed by atoms with Crippen LogP contribution < -0.4 is 15.4 Å². The molecule has 2 aromatic rings. The van der Waals surface area contributed by atoms with Crippen LogP contribution in [0.4, 0.5) is 14.8 Å². The van der Waals surface area contributed by atoms with Gasteiger partial charge in [0.05, 0.1) is 12.2 Å². The fourth-order valence-electron chi connectivity index (χ4n) is 2.41. The lowest BCUT2D eigenvalue weighted by molar-refractivity contribution is -0.117. The van der Waals surface area contributed by atoms with Crippen molar-refractivity contribution in [2.24, 2.45) is 5.92 Å². The van der Waals surface area contributed by atoms with Crippen LogP contribution in [0.2, 0.25) is 5.02 Å². The summed E-state index contributed by atoms with van der Waals surface area (Å²) in [7, 11) is 0. The number of aromatic nitrogens is 2. The van der Waals surface area contributed by atoms with Gasteiger partial charge in [0, 0.05) is 12.1 Å². The molecule has 0 spiro atoms. The fraction of sp³-hybridized carbons (Fsp3) is 0.400. The van der Waals surface area contributed by atoms with Crippen LogP contribution in [-0.4, -0.2) is 34.3 Å². The monoisotopic (exact) mass is 454 g/mol. The Labute approximate surface area is 182 Å². The minimum atomic E-state index is -3.21. The largest absolute Gasteiger partial charge is 0.470 e. The molecule has 2 N–H and O–H groups in total. The summed E-state index contributed by atoms with van der Waals surface area (Å²) in [6.07, 6.45) is 4.21. The van der Waals surface area contributed by atoms with Crippen molar-refractivity contribution < 1.29 is 27.5 Å². The van der Waals surface area contributed by atoms with Crippen LogP contribution in [-0.2, 0) is 4.79 Å². The lowest BCUT2D eigenvalue weighted by Crippen LogP contribution is -2.27. The van der Waals surface area contributed by atoms with Crippen molar-refractivity contribution in [2.75, 3.05) is 11.9 Å². The summed E-state index contributed by atoms with van der Waals surface area (Å²) in [5.74, 6) is -4.23. The minimum absolute atomic E-state index is 0.0147. The third-order valence-electron chi connectivity index (χ3n) is 4.60. The Morgan fingerprint density at radius 3 is 2.71 bits per heavy atom. The Morgan fingerprint density at radius 1 is 1.39 bits per heavy atom. The Hall–Kier alpha value is -3.01. The van der Waals surface area contributed by atoms with Crippen molar-refractivity contribution in [1.29, 1.82) is 0 Å². The van der Waals surface area contributed by atoms with Gasteiger partial charge in [-0.15, -0.1) is 0 Å². The maximum Gasteiger partial charge on any atom is 0.302 e. The maximum atomic E-state index is 13.6. The molecule has 3 rings (SSSR count). The summed E-state index contributed by atoms with van der Waals surface area (Å²) in [6.45, 7) is 5.15. The summed E-state index contributed by atoms with van der Waals surface area (Å²) in [4.78, 5) is 31.9. The first-order valence-corrected chi connectivity index (χ1v) is 9.84. The zero-order valence-corrected chi connectivity index (χ0v) is 17.6. The summed E-state index contributed by atoms with van der Waals surface area (Å²) in [5, 5.41) is 5.20. The van der Waals surface area contributed by atoms with E-state index < -0.39 is 24.5 Å². The highest BCUT2D eigenvalue weighted by Gasteiger charge is 2.32. The molecule has 2 aromatic heterocycles. The van der Waals surface area contributed by atoms with E-state index in [9.17, 15) is 18.4 Å². The van der Waals surface area contributed by atoms with E-state index >= 15 is 0 Å². The van der Waals surface area contributed by atoms with E-state index in [1.54, 1.807) is 6.92 Å². The molecule has 1 aliphatic rings. The van der Waals surface area contributed by atoms with Crippen LogP contribution in [0.1, 0.15) is 48.8 Å². The fourth-order valence-corrected chi connectivity index (χ4v) is 2.64. The predicted octanol–water partition coefficient (Wildman–Crippen LogP) is 4.15. The normalized spacial score (nSPS) is 14.6. The Bertz CT molecular complexity index is 1010. The summed E-state index contributed by atoms with van der Waals surface area (Å²) < 4.78 is 37.5. The molecule has 8 nitrogen and oxygen atoms in total. The second kappa shape index (κ2) is 9.01. The van der Waals surface area contributed by atoms with Gasteiger partial charge in [0.1, 0.15) is 5.02 Å². The number of hydrogen-bond acceptors (Lipinski definition) is 6. The third-order valence-corrected chi connectivity index (χ3v) is 4.87. The van der Waals surface area contributed by atoms with Crippen LogP contribution in [0.5, 0.6) is 5.88 Å². The van der Waals surface area contributed by atoms with Crippen LogP contribution >= 0.6 is 11.6 Å². The molecule has 31 heavy (non-hydrogen) atoms. The number of nitrogens with zero attached hydrogens (tertiary/aromatic N) is 2. The van der Waals surface area contributed by atoms with Gasteiger partial charge in [-0.1, -0.05) is 18.2 Å². The number of alkyl halides is 2. The first kappa shape index (κ1) is 22.7. The van der Waals surface area contributed by atoms with Crippen LogP contribution in [0.25, 0.3) is 0 Å². The topological polar surface area (TPSA) is 106 Å². The minimum Gasteiger partial charge on any atom is -0.470 e. The second-order valence-corrected chi connectivity index (χ2v) is 7.72. The molecule has 2 heterocycles. The molecule has 2 amide bonds. The number of pyridine rings is 1. The SMILES string of the molecule is C=C(C)C(F)(F)COc1ncc(C(C)NC(=O)c2cnc(NC(=O)C3CC3)o2)cc1Cl. The number of hydrogen-bond donors (Lipinski definition) is 2. The number of carbonyl (C=O) groups excluding carboxylic acids is 2. The standard InChI is InChI=1S/C20H21ClF2N4O4/c1-10(2)20(22,23)9-30-18-14(21)6-13(7-24-18)11(3)26-17(29)15-8-25-19(31-15)27-16(28)12-4-5-12/h6-8,11-12H,1,4-5,9H2,2-3H3,(H,26,29)(H,25,27,28). The van der Waals surface area contributed by atoms with Gasteiger partial charge in [-0.25, -0.2) is 9.97 Å². The number of amides is 2. The molecule has 1 aliphatic carbocycles. The maximum absolute atomic E-state index is 13.6. The number of oxazole rings is 1. The van der Waals surface area contributed by atoms with Gasteiger partial charge in [-0.2, -0.15) is 8.78 Å². The van der Waals surface area contributed by atoms with E-state index in [0.717, 1.165) is 12.8 Å². The molecule has 1 unspecified atom stereocenters. The molecule has 0 radical (unpaired) electrons. The average molecular weight is 455 g/mol. The number of anilines is 1. The number of rotatable bonds is 9. The zero-order chi connectivity index (χ0) is 22.8. The molecule has 166 valence electrons. The number of ether oxygens (including phenoxy) is 1. The van der Waals surface area contributed by atoms with Gasteiger partial charge in [0.25, 0.3) is 5.91 Å². The van der Waals surface area contributed by atoms with Crippen molar-refractivity contribution in [3.05, 3.63) is 47.0 Å². The van der Waals surface area contributed by atoms with Gasteiger partial charge < -0.3 is 14.5 Å². The van der Waals surface area contributed by atoms with Crippen molar-refractivity contribution >= 4 is 29.4 Å². The molecular weight excluding hydrogens is 434 g/mol. The molecule has 0 aromatic carbocycles. The van der Waals surface area contributed by atoms with Gasteiger partial charge in [0.2, 0.25) is 17.5 Å². The average Bonchev–Trinajstić information content (AvgIpc) is 3.46. The second-order valence-electron chi connectivity index (χ2n) is 7.32. The zero-order valence-electron chi connectivity index (χ0n) is 16.9. The first-order valence-electron chi connectivity index (χ1n) is 9.46. The molecule has 11 heteroatoms. The van der Waals surface area contributed by atoms with Crippen LogP contribution in [0.15, 0.2) is 35.0 Å². The van der Waals surface area contributed by atoms with Crippen molar-refractivity contribution in [2.45, 2.75) is 38.7 Å². The lowest BCUT2D eigenvalue weighted by atomic mass is 10.1. The van der Waals surface area contributed by atoms with E-state index in [1.807, 2.05) is 0 Å². The Balaban J connectivity index is 1.58. The van der Waals surface area contributed by atoms with E-state index in [0.29, 0.717) is 5.56 Å². The number of halogens is 3. The van der Waals surface area contributed by atoms with Crippen molar-refractivity contribution in [1.82, 2.24) is 15.3 Å². The highest BCUT2D eigenvalue weighted by atomic mass is 35.5. The van der Waals surface area contributed by atoms with Crippen LogP contribution in [0.3, 0.4) is 0 Å². The highest BCUT2D eigenvalue weighted by Crippen LogP contribution is 2.30. The van der Waals surface area contributed by atoms with Crippen molar-refractivity contribution in [3.8, 4) is 5.88 Å². The van der Waals surface area contributed by atoms with E-state index in [-0.39, 0.29) is 40.1 Å². The smallest absolute Gasteiger partial charge is 0.302 e. The summed E-state index contributed by atoms with van der Waals surface area (Å²) >= 11 is 6.08. The van der Waals surface area contributed by atoms with Crippen molar-refractivity contribution in [3.63, 3.8) is 0 Å². The molecule has 1 atom stereocenters. The van der Waals surface area contributed by atoms with Gasteiger partial charge in [-0.05, 0) is 43.9 Å². The molecular formula is C20H21ClF2N4O4. The van der Waals surface area contributed by atoms with E-state index in [2.05, 4.69) is 27.2 Å². The van der Waals surface area contributed by atoms with Crippen LogP contribution in [0, 0.1) is 5.92 Å². The quantitative estimate of drug-likeness (QED) is 0.551. The molecule has 0 aliphatic heterocycles. The number of carbonyl (C=O) groups is 2. The molecule has 0 bridgehead atoms. The molecule has 1 saturated carbocycles. The van der Waals surface area contributed by atoms with Gasteiger partial charge >= 0.3 is 11.9 Å². The first-order chi connectivity index (χ1) is 14.6. The van der Waals surface area contributed by atoms with E-state index in [4.69, 9.17) is 20.8 Å². The number of nitrogens with one attached hydrogen (secondary N) is 2. The summed E-state index contributed by atoms with van der Waals surface area (Å²) in [5.41, 5.74) is 0.179. The third kappa shape index (κ3) is 5.78. The van der Waals surface area contributed by atoms with Gasteiger partial charge in [-0.3, -0.25) is 14.9 Å². The Morgan fingerprint density at radius 2 is 2.10 bits per heavy atom. The Kier molecular flexibility index (Phi) is 6.59. The highest BCUT2D eigenvalue weighted by molar-refractivity contribution is 6.31. The lowest BCUT2D eigenvalue weighted by Gasteiger charge is -2.18. The molecule has 1 fully saturated rings. The van der Waals surface area contributed by atoms with E-state index in [1.165, 1.54) is 25.4 Å². The summed E-state index contributed by atoms with van der Waals surface area (Å²) in [6, 6.07) is 0.862. The predicted molar refractivity (Wildman–Crippen MR) is 108 cm³/mol.